The second-order valence-electron chi connectivity index (χ2n) is 6.40. The van der Waals surface area contributed by atoms with E-state index in [0.717, 1.165) is 17.8 Å². The Labute approximate surface area is 147 Å². The summed E-state index contributed by atoms with van der Waals surface area (Å²) in [5.41, 5.74) is 0.980. The molecule has 0 spiro atoms. The molecule has 1 fully saturated rings. The van der Waals surface area contributed by atoms with E-state index >= 15 is 0 Å². The highest BCUT2D eigenvalue weighted by atomic mass is 16.4. The number of nitrogens with zero attached hydrogens (tertiary/aromatic N) is 3. The van der Waals surface area contributed by atoms with Crippen molar-refractivity contribution in [3.8, 4) is 0 Å². The number of carboxylic acids is 1. The molecule has 2 unspecified atom stereocenters. The molecule has 3 rings (SSSR count). The van der Waals surface area contributed by atoms with Crippen LogP contribution >= 0.6 is 0 Å². The number of aromatic nitrogens is 2. The normalized spacial score (nSPS) is 20.0. The maximum absolute atomic E-state index is 12.6. The molecule has 2 heterocycles. The average molecular weight is 341 g/mol. The van der Waals surface area contributed by atoms with Crippen LogP contribution in [0.1, 0.15) is 30.7 Å². The van der Waals surface area contributed by atoms with Gasteiger partial charge in [-0.05, 0) is 5.56 Å². The number of aryl methyl sites for hydroxylation is 2. The molecule has 2 aromatic rings. The highest BCUT2D eigenvalue weighted by Crippen LogP contribution is 2.33. The molecule has 0 radical (unpaired) electrons. The lowest BCUT2D eigenvalue weighted by Crippen LogP contribution is -2.30. The standard InChI is InChI=1S/C19H23N3O3/c1-2-17-20-9-11-21(17)10-8-18(23)22-12-15(16(13-22)19(24)25)14-6-4-3-5-7-14/h3-7,9,11,15-16H,2,8,10,12-13H2,1H3,(H,24,25). The first kappa shape index (κ1) is 17.2. The molecule has 1 aliphatic heterocycles. The number of likely N-dealkylation sites (tertiary alicyclic amines) is 1. The van der Waals surface area contributed by atoms with Crippen molar-refractivity contribution in [2.24, 2.45) is 5.92 Å². The summed E-state index contributed by atoms with van der Waals surface area (Å²) in [6.07, 6.45) is 4.80. The summed E-state index contributed by atoms with van der Waals surface area (Å²) >= 11 is 0. The van der Waals surface area contributed by atoms with Gasteiger partial charge in [0.2, 0.25) is 5.91 Å². The molecule has 0 bridgehead atoms. The van der Waals surface area contributed by atoms with E-state index in [1.807, 2.05) is 48.0 Å². The van der Waals surface area contributed by atoms with E-state index < -0.39 is 11.9 Å². The highest BCUT2D eigenvalue weighted by molar-refractivity contribution is 5.79. The van der Waals surface area contributed by atoms with Crippen LogP contribution < -0.4 is 0 Å². The minimum Gasteiger partial charge on any atom is -0.481 e. The van der Waals surface area contributed by atoms with E-state index in [4.69, 9.17) is 0 Å². The summed E-state index contributed by atoms with van der Waals surface area (Å²) in [6, 6.07) is 9.60. The molecule has 0 saturated carbocycles. The van der Waals surface area contributed by atoms with Crippen LogP contribution in [0.4, 0.5) is 0 Å². The van der Waals surface area contributed by atoms with Gasteiger partial charge in [0.05, 0.1) is 5.92 Å². The summed E-state index contributed by atoms with van der Waals surface area (Å²) < 4.78 is 1.98. The second kappa shape index (κ2) is 7.51. The fourth-order valence-electron chi connectivity index (χ4n) is 3.53. The summed E-state index contributed by atoms with van der Waals surface area (Å²) in [6.45, 7) is 3.35. The molecule has 1 aromatic carbocycles. The zero-order chi connectivity index (χ0) is 17.8. The van der Waals surface area contributed by atoms with Crippen molar-refractivity contribution in [2.75, 3.05) is 13.1 Å². The molecular weight excluding hydrogens is 318 g/mol. The molecule has 0 aliphatic carbocycles. The van der Waals surface area contributed by atoms with Gasteiger partial charge in [-0.2, -0.15) is 0 Å². The zero-order valence-corrected chi connectivity index (χ0v) is 14.3. The third-order valence-corrected chi connectivity index (χ3v) is 4.90. The highest BCUT2D eigenvalue weighted by Gasteiger charge is 2.40. The average Bonchev–Trinajstić information content (AvgIpc) is 3.27. The monoisotopic (exact) mass is 341 g/mol. The minimum absolute atomic E-state index is 0.000402. The molecule has 1 amide bonds. The molecule has 6 nitrogen and oxygen atoms in total. The predicted octanol–water partition coefficient (Wildman–Crippen LogP) is 2.16. The van der Waals surface area contributed by atoms with Crippen LogP contribution in [0.15, 0.2) is 42.7 Å². The third kappa shape index (κ3) is 3.73. The quantitative estimate of drug-likeness (QED) is 0.874. The van der Waals surface area contributed by atoms with Gasteiger partial charge >= 0.3 is 5.97 Å². The van der Waals surface area contributed by atoms with Crippen LogP contribution in [0.25, 0.3) is 0 Å². The van der Waals surface area contributed by atoms with Gasteiger partial charge in [0, 0.05) is 50.8 Å². The van der Waals surface area contributed by atoms with E-state index in [-0.39, 0.29) is 18.4 Å². The van der Waals surface area contributed by atoms with Crippen molar-refractivity contribution in [3.05, 3.63) is 54.1 Å². The van der Waals surface area contributed by atoms with Crippen LogP contribution in [0.5, 0.6) is 0 Å². The number of benzene rings is 1. The molecule has 25 heavy (non-hydrogen) atoms. The van der Waals surface area contributed by atoms with Crippen LogP contribution in [0.3, 0.4) is 0 Å². The molecule has 1 aliphatic rings. The Morgan fingerprint density at radius 1 is 1.24 bits per heavy atom. The number of carboxylic acid groups (broad SMARTS) is 1. The van der Waals surface area contributed by atoms with Crippen molar-refractivity contribution < 1.29 is 14.7 Å². The molecule has 1 N–H and O–H groups in total. The Balaban J connectivity index is 1.66. The van der Waals surface area contributed by atoms with Crippen molar-refractivity contribution in [1.82, 2.24) is 14.5 Å². The van der Waals surface area contributed by atoms with E-state index in [1.165, 1.54) is 0 Å². The van der Waals surface area contributed by atoms with E-state index in [0.29, 0.717) is 19.5 Å². The Kier molecular flexibility index (Phi) is 5.16. The minimum atomic E-state index is -0.841. The Hall–Kier alpha value is -2.63. The van der Waals surface area contributed by atoms with E-state index in [9.17, 15) is 14.7 Å². The SMILES string of the molecule is CCc1nccn1CCC(=O)N1CC(C(=O)O)C(c2ccccc2)C1. The number of carbonyl (C=O) groups excluding carboxylic acids is 1. The number of hydrogen-bond donors (Lipinski definition) is 1. The van der Waals surface area contributed by atoms with Gasteiger partial charge in [-0.3, -0.25) is 9.59 Å². The van der Waals surface area contributed by atoms with Crippen molar-refractivity contribution in [1.29, 1.82) is 0 Å². The van der Waals surface area contributed by atoms with Crippen molar-refractivity contribution >= 4 is 11.9 Å². The van der Waals surface area contributed by atoms with Gasteiger partial charge in [-0.15, -0.1) is 0 Å². The Bertz CT molecular complexity index is 741. The molecule has 1 saturated heterocycles. The third-order valence-electron chi connectivity index (χ3n) is 4.90. The lowest BCUT2D eigenvalue weighted by Gasteiger charge is -2.17. The smallest absolute Gasteiger partial charge is 0.308 e. The molecule has 132 valence electrons. The van der Waals surface area contributed by atoms with Gasteiger partial charge in [-0.1, -0.05) is 37.3 Å². The van der Waals surface area contributed by atoms with E-state index in [1.54, 1.807) is 11.1 Å². The summed E-state index contributed by atoms with van der Waals surface area (Å²) in [5, 5.41) is 9.54. The number of hydrogen-bond acceptors (Lipinski definition) is 3. The van der Waals surface area contributed by atoms with Gasteiger partial charge in [-0.25, -0.2) is 4.98 Å². The van der Waals surface area contributed by atoms with E-state index in [2.05, 4.69) is 4.98 Å². The molecule has 6 heteroatoms. The van der Waals surface area contributed by atoms with Gasteiger partial charge in [0.25, 0.3) is 0 Å². The first-order chi connectivity index (χ1) is 12.1. The van der Waals surface area contributed by atoms with Crippen LogP contribution in [0.2, 0.25) is 0 Å². The van der Waals surface area contributed by atoms with Crippen LogP contribution in [-0.4, -0.2) is 44.5 Å². The first-order valence-electron chi connectivity index (χ1n) is 8.65. The van der Waals surface area contributed by atoms with Crippen LogP contribution in [0, 0.1) is 5.92 Å². The number of amides is 1. The van der Waals surface area contributed by atoms with Gasteiger partial charge in [0.1, 0.15) is 5.82 Å². The topological polar surface area (TPSA) is 75.4 Å². The maximum Gasteiger partial charge on any atom is 0.308 e. The number of rotatable bonds is 6. The number of carbonyl (C=O) groups is 2. The summed E-state index contributed by atoms with van der Waals surface area (Å²) in [7, 11) is 0. The Morgan fingerprint density at radius 3 is 2.68 bits per heavy atom. The largest absolute Gasteiger partial charge is 0.481 e. The second-order valence-corrected chi connectivity index (χ2v) is 6.40. The van der Waals surface area contributed by atoms with Crippen molar-refractivity contribution in [3.63, 3.8) is 0 Å². The van der Waals surface area contributed by atoms with Gasteiger partial charge < -0.3 is 14.6 Å². The fraction of sp³-hybridized carbons (Fsp3) is 0.421. The number of aliphatic carboxylic acids is 1. The fourth-order valence-corrected chi connectivity index (χ4v) is 3.53. The molecule has 1 aromatic heterocycles. The number of imidazole rings is 1. The predicted molar refractivity (Wildman–Crippen MR) is 93.1 cm³/mol. The maximum atomic E-state index is 12.6. The molecule has 2 atom stereocenters. The lowest BCUT2D eigenvalue weighted by molar-refractivity contribution is -0.141. The Morgan fingerprint density at radius 2 is 2.00 bits per heavy atom. The summed E-state index contributed by atoms with van der Waals surface area (Å²) in [5.74, 6) is -0.583. The zero-order valence-electron chi connectivity index (χ0n) is 14.3. The van der Waals surface area contributed by atoms with Crippen molar-refractivity contribution in [2.45, 2.75) is 32.2 Å². The molecular formula is C19H23N3O3. The van der Waals surface area contributed by atoms with Crippen LogP contribution in [-0.2, 0) is 22.6 Å². The lowest BCUT2D eigenvalue weighted by atomic mass is 9.89. The first-order valence-corrected chi connectivity index (χ1v) is 8.65. The summed E-state index contributed by atoms with van der Waals surface area (Å²) in [4.78, 5) is 30.2. The van der Waals surface area contributed by atoms with Gasteiger partial charge in [0.15, 0.2) is 0 Å².